The molecule has 2 heterocycles. The Morgan fingerprint density at radius 3 is 2.67 bits per heavy atom. The molecule has 3 rings (SSSR count). The summed E-state index contributed by atoms with van der Waals surface area (Å²) >= 11 is 0. The zero-order valence-corrected chi connectivity index (χ0v) is 14.7. The van der Waals surface area contributed by atoms with Crippen LogP contribution in [0.2, 0.25) is 0 Å². The first-order valence-electron chi connectivity index (χ1n) is 8.03. The molecule has 0 aliphatic carbocycles. The number of amides is 1. The standard InChI is InChI=1S/C16H22N4O3S/c1-17-12-7-9-20(10-8-12)15(21)11-19(2)16-13-5-3-4-6-14(13)24(22,23)18-16/h3-6,12,17H,7-11H2,1-2H3. The number of likely N-dealkylation sites (N-methyl/N-ethyl adjacent to an activating group) is 1. The van der Waals surface area contributed by atoms with E-state index in [9.17, 15) is 13.2 Å². The number of carbonyl (C=O) groups is 1. The lowest BCUT2D eigenvalue weighted by atomic mass is 10.1. The number of nitrogens with one attached hydrogen (secondary N) is 1. The van der Waals surface area contributed by atoms with Gasteiger partial charge in [-0.1, -0.05) is 12.1 Å². The number of nitrogens with zero attached hydrogens (tertiary/aromatic N) is 3. The van der Waals surface area contributed by atoms with Crippen molar-refractivity contribution in [1.29, 1.82) is 0 Å². The van der Waals surface area contributed by atoms with Crippen molar-refractivity contribution >= 4 is 21.8 Å². The molecule has 0 unspecified atom stereocenters. The van der Waals surface area contributed by atoms with Crippen molar-refractivity contribution in [2.75, 3.05) is 33.7 Å². The van der Waals surface area contributed by atoms with Gasteiger partial charge in [0.2, 0.25) is 5.91 Å². The van der Waals surface area contributed by atoms with Gasteiger partial charge < -0.3 is 15.1 Å². The smallest absolute Gasteiger partial charge is 0.285 e. The number of hydrogen-bond acceptors (Lipinski definition) is 5. The molecule has 7 nitrogen and oxygen atoms in total. The Bertz CT molecular complexity index is 767. The van der Waals surface area contributed by atoms with Gasteiger partial charge >= 0.3 is 0 Å². The first kappa shape index (κ1) is 16.9. The summed E-state index contributed by atoms with van der Waals surface area (Å²) < 4.78 is 28.1. The molecule has 24 heavy (non-hydrogen) atoms. The zero-order chi connectivity index (χ0) is 17.3. The lowest BCUT2D eigenvalue weighted by Gasteiger charge is -2.33. The number of rotatable bonds is 3. The van der Waals surface area contributed by atoms with Crippen molar-refractivity contribution in [2.24, 2.45) is 4.40 Å². The van der Waals surface area contributed by atoms with Crippen LogP contribution in [0.4, 0.5) is 0 Å². The fraction of sp³-hybridized carbons (Fsp3) is 0.500. The van der Waals surface area contributed by atoms with Crippen LogP contribution < -0.4 is 5.32 Å². The van der Waals surface area contributed by atoms with E-state index >= 15 is 0 Å². The lowest BCUT2D eigenvalue weighted by Crippen LogP contribution is -2.47. The summed E-state index contributed by atoms with van der Waals surface area (Å²) in [5.41, 5.74) is 0.557. The zero-order valence-electron chi connectivity index (χ0n) is 13.9. The van der Waals surface area contributed by atoms with Crippen LogP contribution in [0.5, 0.6) is 0 Å². The highest BCUT2D eigenvalue weighted by Crippen LogP contribution is 2.26. The Labute approximate surface area is 142 Å². The monoisotopic (exact) mass is 350 g/mol. The summed E-state index contributed by atoms with van der Waals surface area (Å²) in [6, 6.07) is 7.17. The second-order valence-electron chi connectivity index (χ2n) is 6.19. The maximum atomic E-state index is 12.5. The average molecular weight is 350 g/mol. The van der Waals surface area contributed by atoms with Crippen LogP contribution in [0.15, 0.2) is 33.6 Å². The molecular formula is C16H22N4O3S. The molecule has 0 spiro atoms. The minimum absolute atomic E-state index is 0.00321. The topological polar surface area (TPSA) is 82.1 Å². The summed E-state index contributed by atoms with van der Waals surface area (Å²) in [6.07, 6.45) is 1.87. The molecule has 130 valence electrons. The molecule has 1 amide bonds. The molecule has 1 fully saturated rings. The van der Waals surface area contributed by atoms with Crippen LogP contribution in [0, 0.1) is 0 Å². The summed E-state index contributed by atoms with van der Waals surface area (Å²) in [7, 11) is -0.0184. The third kappa shape index (κ3) is 3.16. The first-order valence-corrected chi connectivity index (χ1v) is 9.47. The predicted molar refractivity (Wildman–Crippen MR) is 91.5 cm³/mol. The highest BCUT2D eigenvalue weighted by Gasteiger charge is 2.31. The Morgan fingerprint density at radius 1 is 1.33 bits per heavy atom. The Morgan fingerprint density at radius 2 is 2.00 bits per heavy atom. The largest absolute Gasteiger partial charge is 0.349 e. The predicted octanol–water partition coefficient (Wildman–Crippen LogP) is 0.278. The van der Waals surface area contributed by atoms with E-state index < -0.39 is 10.0 Å². The van der Waals surface area contributed by atoms with Gasteiger partial charge in [0, 0.05) is 31.7 Å². The van der Waals surface area contributed by atoms with Crippen molar-refractivity contribution in [2.45, 2.75) is 23.8 Å². The van der Waals surface area contributed by atoms with E-state index in [2.05, 4.69) is 9.71 Å². The minimum Gasteiger partial charge on any atom is -0.349 e. The minimum atomic E-state index is -3.66. The van der Waals surface area contributed by atoms with E-state index in [0.29, 0.717) is 17.4 Å². The summed E-state index contributed by atoms with van der Waals surface area (Å²) in [4.78, 5) is 16.2. The molecule has 0 saturated carbocycles. The maximum absolute atomic E-state index is 12.5. The molecule has 2 aliphatic heterocycles. The fourth-order valence-corrected chi connectivity index (χ4v) is 4.41. The molecular weight excluding hydrogens is 328 g/mol. The van der Waals surface area contributed by atoms with Gasteiger partial charge in [-0.3, -0.25) is 4.79 Å². The summed E-state index contributed by atoms with van der Waals surface area (Å²) in [6.45, 7) is 1.56. The van der Waals surface area contributed by atoms with Crippen molar-refractivity contribution in [3.05, 3.63) is 29.8 Å². The van der Waals surface area contributed by atoms with Gasteiger partial charge in [-0.2, -0.15) is 8.42 Å². The SMILES string of the molecule is CNC1CCN(C(=O)CN(C)C2=NS(=O)(=O)c3ccccc32)CC1. The van der Waals surface area contributed by atoms with Crippen LogP contribution in [-0.4, -0.2) is 69.7 Å². The molecule has 1 saturated heterocycles. The van der Waals surface area contributed by atoms with Gasteiger partial charge in [-0.25, -0.2) is 0 Å². The molecule has 1 aromatic carbocycles. The average Bonchev–Trinajstić information content (AvgIpc) is 2.87. The number of amidine groups is 1. The second kappa shape index (κ2) is 6.52. The highest BCUT2D eigenvalue weighted by atomic mass is 32.2. The Kier molecular flexibility index (Phi) is 4.60. The van der Waals surface area contributed by atoms with Crippen LogP contribution >= 0.6 is 0 Å². The molecule has 0 atom stereocenters. The number of hydrogen-bond donors (Lipinski definition) is 1. The molecule has 1 aromatic rings. The number of likely N-dealkylation sites (tertiary alicyclic amines) is 1. The molecule has 0 bridgehead atoms. The van der Waals surface area contributed by atoms with Gasteiger partial charge in [0.1, 0.15) is 4.90 Å². The third-order valence-corrected chi connectivity index (χ3v) is 5.93. The van der Waals surface area contributed by atoms with Gasteiger partial charge in [-0.05, 0) is 32.0 Å². The second-order valence-corrected chi connectivity index (χ2v) is 7.76. The van der Waals surface area contributed by atoms with E-state index in [0.717, 1.165) is 25.9 Å². The van der Waals surface area contributed by atoms with Crippen LogP contribution in [0.1, 0.15) is 18.4 Å². The molecule has 0 aromatic heterocycles. The van der Waals surface area contributed by atoms with E-state index in [-0.39, 0.29) is 17.3 Å². The van der Waals surface area contributed by atoms with Gasteiger partial charge in [0.15, 0.2) is 5.84 Å². The van der Waals surface area contributed by atoms with Gasteiger partial charge in [-0.15, -0.1) is 4.40 Å². The van der Waals surface area contributed by atoms with E-state index in [1.807, 2.05) is 11.9 Å². The Balaban J connectivity index is 1.70. The van der Waals surface area contributed by atoms with Crippen LogP contribution in [0.3, 0.4) is 0 Å². The first-order chi connectivity index (χ1) is 11.4. The molecule has 2 aliphatic rings. The number of benzene rings is 1. The van der Waals surface area contributed by atoms with E-state index in [1.165, 1.54) is 0 Å². The van der Waals surface area contributed by atoms with Gasteiger partial charge in [0.25, 0.3) is 10.0 Å². The van der Waals surface area contributed by atoms with Crippen molar-refractivity contribution in [3.8, 4) is 0 Å². The number of piperidine rings is 1. The van der Waals surface area contributed by atoms with Crippen molar-refractivity contribution in [3.63, 3.8) is 0 Å². The van der Waals surface area contributed by atoms with Crippen LogP contribution in [0.25, 0.3) is 0 Å². The summed E-state index contributed by atoms with van der Waals surface area (Å²) in [5.74, 6) is 0.334. The number of fused-ring (bicyclic) bond motifs is 1. The number of carbonyl (C=O) groups excluding carboxylic acids is 1. The van der Waals surface area contributed by atoms with E-state index in [1.54, 1.807) is 36.2 Å². The molecule has 1 N–H and O–H groups in total. The fourth-order valence-electron chi connectivity index (χ4n) is 3.16. The van der Waals surface area contributed by atoms with Gasteiger partial charge in [0.05, 0.1) is 6.54 Å². The van der Waals surface area contributed by atoms with E-state index in [4.69, 9.17) is 0 Å². The summed E-state index contributed by atoms with van der Waals surface area (Å²) in [5, 5.41) is 3.23. The van der Waals surface area contributed by atoms with Crippen LogP contribution in [-0.2, 0) is 14.8 Å². The van der Waals surface area contributed by atoms with Crippen molar-refractivity contribution in [1.82, 2.24) is 15.1 Å². The highest BCUT2D eigenvalue weighted by molar-refractivity contribution is 7.90. The third-order valence-electron chi connectivity index (χ3n) is 4.60. The Hall–Kier alpha value is -1.93. The normalized spacial score (nSPS) is 19.8. The molecule has 8 heteroatoms. The number of sulfonamides is 1. The maximum Gasteiger partial charge on any atom is 0.285 e. The molecule has 0 radical (unpaired) electrons. The van der Waals surface area contributed by atoms with Crippen molar-refractivity contribution < 1.29 is 13.2 Å². The lowest BCUT2D eigenvalue weighted by molar-refractivity contribution is -0.132. The quantitative estimate of drug-likeness (QED) is 0.847.